The predicted molar refractivity (Wildman–Crippen MR) is 113 cm³/mol. The Morgan fingerprint density at radius 3 is 2.52 bits per heavy atom. The van der Waals surface area contributed by atoms with Crippen molar-refractivity contribution in [2.75, 3.05) is 13.2 Å². The lowest BCUT2D eigenvalue weighted by molar-refractivity contribution is -0.143. The number of esters is 1. The minimum absolute atomic E-state index is 0.00152. The Labute approximate surface area is 173 Å². The summed E-state index contributed by atoms with van der Waals surface area (Å²) in [6.45, 7) is 6.55. The van der Waals surface area contributed by atoms with Crippen LogP contribution in [-0.4, -0.2) is 29.7 Å². The molecule has 0 aliphatic carbocycles. The second-order valence-corrected chi connectivity index (χ2v) is 7.52. The van der Waals surface area contributed by atoms with Gasteiger partial charge in [-0.2, -0.15) is 4.99 Å². The van der Waals surface area contributed by atoms with Crippen LogP contribution >= 0.6 is 11.3 Å². The monoisotopic (exact) mass is 412 g/mol. The van der Waals surface area contributed by atoms with Crippen LogP contribution in [0.1, 0.15) is 25.0 Å². The van der Waals surface area contributed by atoms with Crippen molar-refractivity contribution in [3.05, 3.63) is 58.4 Å². The molecule has 2 aromatic carbocycles. The number of thiazole rings is 1. The first-order valence-corrected chi connectivity index (χ1v) is 10.4. The van der Waals surface area contributed by atoms with Crippen molar-refractivity contribution >= 4 is 33.4 Å². The Morgan fingerprint density at radius 2 is 1.83 bits per heavy atom. The van der Waals surface area contributed by atoms with Crippen LogP contribution in [0.15, 0.2) is 47.5 Å². The summed E-state index contributed by atoms with van der Waals surface area (Å²) in [5.74, 6) is 0.110. The first-order chi connectivity index (χ1) is 14.0. The van der Waals surface area contributed by atoms with Gasteiger partial charge >= 0.3 is 5.97 Å². The Balaban J connectivity index is 1.98. The minimum atomic E-state index is -0.367. The smallest absolute Gasteiger partial charge is 0.326 e. The average molecular weight is 413 g/mol. The third-order valence-electron chi connectivity index (χ3n) is 4.25. The number of amides is 1. The van der Waals surface area contributed by atoms with Crippen molar-refractivity contribution in [3.8, 4) is 5.75 Å². The van der Waals surface area contributed by atoms with Crippen molar-refractivity contribution in [3.63, 3.8) is 0 Å². The van der Waals surface area contributed by atoms with E-state index in [1.165, 1.54) is 11.3 Å². The van der Waals surface area contributed by atoms with Crippen LogP contribution in [-0.2, 0) is 27.3 Å². The van der Waals surface area contributed by atoms with E-state index in [0.717, 1.165) is 27.1 Å². The molecule has 0 aliphatic heterocycles. The van der Waals surface area contributed by atoms with E-state index in [-0.39, 0.29) is 24.8 Å². The van der Waals surface area contributed by atoms with E-state index < -0.39 is 0 Å². The summed E-state index contributed by atoms with van der Waals surface area (Å²) >= 11 is 1.35. The molecule has 0 fully saturated rings. The number of nitrogens with zero attached hydrogens (tertiary/aromatic N) is 2. The van der Waals surface area contributed by atoms with Crippen LogP contribution < -0.4 is 9.54 Å². The molecule has 0 atom stereocenters. The van der Waals surface area contributed by atoms with E-state index in [9.17, 15) is 9.59 Å². The number of hydrogen-bond acceptors (Lipinski definition) is 5. The average Bonchev–Trinajstić information content (AvgIpc) is 3.00. The molecular weight excluding hydrogens is 388 g/mol. The van der Waals surface area contributed by atoms with Crippen molar-refractivity contribution < 1.29 is 19.1 Å². The van der Waals surface area contributed by atoms with Gasteiger partial charge in [-0.1, -0.05) is 41.2 Å². The van der Waals surface area contributed by atoms with Gasteiger partial charge in [-0.15, -0.1) is 0 Å². The highest BCUT2D eigenvalue weighted by Gasteiger charge is 2.13. The molecule has 3 aromatic rings. The second kappa shape index (κ2) is 9.52. The number of aryl methyl sites for hydroxylation is 1. The highest BCUT2D eigenvalue weighted by Crippen LogP contribution is 2.23. The van der Waals surface area contributed by atoms with Gasteiger partial charge < -0.3 is 14.0 Å². The van der Waals surface area contributed by atoms with Gasteiger partial charge in [0.05, 0.1) is 29.9 Å². The Bertz CT molecular complexity index is 1080. The van der Waals surface area contributed by atoms with Gasteiger partial charge in [0, 0.05) is 0 Å². The van der Waals surface area contributed by atoms with Gasteiger partial charge in [-0.05, 0) is 44.5 Å². The fourth-order valence-corrected chi connectivity index (χ4v) is 3.99. The SMILES string of the molecule is CCOC(=O)Cn1c(=NC(=O)Cc2ccc(C)cc2)sc2cc(OCC)ccc21. The van der Waals surface area contributed by atoms with E-state index in [2.05, 4.69) is 4.99 Å². The van der Waals surface area contributed by atoms with Crippen molar-refractivity contribution in [2.45, 2.75) is 33.7 Å². The molecule has 0 N–H and O–H groups in total. The van der Waals surface area contributed by atoms with Crippen LogP contribution in [0.4, 0.5) is 0 Å². The summed E-state index contributed by atoms with van der Waals surface area (Å²) in [7, 11) is 0. The van der Waals surface area contributed by atoms with Gasteiger partial charge in [0.25, 0.3) is 5.91 Å². The van der Waals surface area contributed by atoms with E-state index in [1.54, 1.807) is 11.5 Å². The molecule has 0 aliphatic rings. The van der Waals surface area contributed by atoms with Crippen LogP contribution in [0.25, 0.3) is 10.2 Å². The molecule has 3 rings (SSSR count). The fourth-order valence-electron chi connectivity index (χ4n) is 2.91. The first kappa shape index (κ1) is 20.8. The fraction of sp³-hybridized carbons (Fsp3) is 0.318. The molecule has 0 unspecified atom stereocenters. The zero-order valence-electron chi connectivity index (χ0n) is 16.8. The molecule has 29 heavy (non-hydrogen) atoms. The number of rotatable bonds is 7. The Kier molecular flexibility index (Phi) is 6.82. The molecule has 0 radical (unpaired) electrons. The number of carbonyl (C=O) groups excluding carboxylic acids is 2. The first-order valence-electron chi connectivity index (χ1n) is 9.55. The number of carbonyl (C=O) groups is 2. The highest BCUT2D eigenvalue weighted by molar-refractivity contribution is 7.16. The number of benzene rings is 2. The van der Waals surface area contributed by atoms with Gasteiger partial charge in [0.15, 0.2) is 4.80 Å². The highest BCUT2D eigenvalue weighted by atomic mass is 32.1. The lowest BCUT2D eigenvalue weighted by Crippen LogP contribution is -2.23. The summed E-state index contributed by atoms with van der Waals surface area (Å²) in [6.07, 6.45) is 0.206. The molecule has 0 saturated carbocycles. The minimum Gasteiger partial charge on any atom is -0.494 e. The van der Waals surface area contributed by atoms with Crippen LogP contribution in [0, 0.1) is 6.92 Å². The number of ether oxygens (including phenoxy) is 2. The Hall–Kier alpha value is -2.93. The van der Waals surface area contributed by atoms with Gasteiger partial charge in [0.1, 0.15) is 12.3 Å². The van der Waals surface area contributed by atoms with Crippen molar-refractivity contribution in [2.24, 2.45) is 4.99 Å². The van der Waals surface area contributed by atoms with Gasteiger partial charge in [-0.25, -0.2) is 0 Å². The molecule has 1 amide bonds. The molecule has 0 saturated heterocycles. The number of aromatic nitrogens is 1. The van der Waals surface area contributed by atoms with Gasteiger partial charge in [0.2, 0.25) is 0 Å². The Morgan fingerprint density at radius 1 is 1.07 bits per heavy atom. The third kappa shape index (κ3) is 5.32. The molecule has 0 bridgehead atoms. The molecule has 1 heterocycles. The topological polar surface area (TPSA) is 69.9 Å². The summed E-state index contributed by atoms with van der Waals surface area (Å²) in [6, 6.07) is 13.4. The molecule has 152 valence electrons. The summed E-state index contributed by atoms with van der Waals surface area (Å²) in [5.41, 5.74) is 2.86. The van der Waals surface area contributed by atoms with E-state index >= 15 is 0 Å². The molecule has 1 aromatic heterocycles. The quantitative estimate of drug-likeness (QED) is 0.556. The normalized spacial score (nSPS) is 11.6. The molecular formula is C22H24N2O4S. The van der Waals surface area contributed by atoms with Crippen LogP contribution in [0.5, 0.6) is 5.75 Å². The second-order valence-electron chi connectivity index (χ2n) is 6.51. The lowest BCUT2D eigenvalue weighted by Gasteiger charge is -2.06. The number of fused-ring (bicyclic) bond motifs is 1. The van der Waals surface area contributed by atoms with Gasteiger partial charge in [-0.3, -0.25) is 9.59 Å². The summed E-state index contributed by atoms with van der Waals surface area (Å²) in [4.78, 5) is 29.4. The van der Waals surface area contributed by atoms with E-state index in [4.69, 9.17) is 9.47 Å². The predicted octanol–water partition coefficient (Wildman–Crippen LogP) is 3.64. The maximum Gasteiger partial charge on any atom is 0.326 e. The van der Waals surface area contributed by atoms with Crippen LogP contribution in [0.2, 0.25) is 0 Å². The molecule has 6 nitrogen and oxygen atoms in total. The zero-order chi connectivity index (χ0) is 20.8. The van der Waals surface area contributed by atoms with E-state index in [1.807, 2.05) is 56.3 Å². The van der Waals surface area contributed by atoms with E-state index in [0.29, 0.717) is 18.0 Å². The summed E-state index contributed by atoms with van der Waals surface area (Å²) in [5, 5.41) is 0. The zero-order valence-corrected chi connectivity index (χ0v) is 17.6. The maximum atomic E-state index is 12.6. The summed E-state index contributed by atoms with van der Waals surface area (Å²) < 4.78 is 13.3. The van der Waals surface area contributed by atoms with Crippen LogP contribution in [0.3, 0.4) is 0 Å². The van der Waals surface area contributed by atoms with Crippen molar-refractivity contribution in [1.29, 1.82) is 0 Å². The largest absolute Gasteiger partial charge is 0.494 e. The standard InChI is InChI=1S/C22H24N2O4S/c1-4-27-17-10-11-18-19(13-17)29-22(24(18)14-21(26)28-5-2)23-20(25)12-16-8-6-15(3)7-9-16/h6-11,13H,4-5,12,14H2,1-3H3. The lowest BCUT2D eigenvalue weighted by atomic mass is 10.1. The number of hydrogen-bond donors (Lipinski definition) is 0. The maximum absolute atomic E-state index is 12.6. The molecule has 0 spiro atoms. The third-order valence-corrected chi connectivity index (χ3v) is 5.30. The van der Waals surface area contributed by atoms with Crippen molar-refractivity contribution in [1.82, 2.24) is 4.57 Å². The molecule has 7 heteroatoms.